The number of fused-ring (bicyclic) bond motifs is 2. The van der Waals surface area contributed by atoms with Crippen molar-refractivity contribution in [1.82, 2.24) is 19.7 Å². The minimum Gasteiger partial charge on any atom is -0.394 e. The number of nitrogens with two attached hydrogens (primary N) is 1. The third-order valence-electron chi connectivity index (χ3n) is 8.43. The molecular formula is C33H35N7O. The molecule has 0 unspecified atom stereocenters. The summed E-state index contributed by atoms with van der Waals surface area (Å²) in [6.45, 7) is 4.36. The third-order valence-corrected chi connectivity index (χ3v) is 8.43. The number of piperidine rings is 1. The van der Waals surface area contributed by atoms with Gasteiger partial charge >= 0.3 is 0 Å². The van der Waals surface area contributed by atoms with E-state index in [2.05, 4.69) is 86.9 Å². The van der Waals surface area contributed by atoms with Crippen molar-refractivity contribution in [3.63, 3.8) is 0 Å². The van der Waals surface area contributed by atoms with Crippen LogP contribution in [0.2, 0.25) is 0 Å². The maximum absolute atomic E-state index is 9.54. The number of nitrogens with zero attached hydrogens (tertiary/aromatic N) is 5. The Morgan fingerprint density at radius 1 is 0.902 bits per heavy atom. The summed E-state index contributed by atoms with van der Waals surface area (Å²) in [7, 11) is 0. The Morgan fingerprint density at radius 2 is 1.66 bits per heavy atom. The number of nitrogen functional groups attached to an aromatic ring is 1. The van der Waals surface area contributed by atoms with Crippen LogP contribution >= 0.6 is 0 Å². The number of aliphatic hydroxyl groups excluding tert-OH is 1. The molecule has 0 spiro atoms. The second-order valence-electron chi connectivity index (χ2n) is 11.0. The third kappa shape index (κ3) is 4.90. The molecule has 0 amide bonds. The Bertz CT molecular complexity index is 1660. The molecule has 3 aromatic carbocycles. The summed E-state index contributed by atoms with van der Waals surface area (Å²) in [5.41, 5.74) is 14.9. The van der Waals surface area contributed by atoms with Crippen molar-refractivity contribution >= 4 is 28.2 Å². The first kappa shape index (κ1) is 25.6. The number of likely N-dealkylation sites (tertiary alicyclic amines) is 1. The molecule has 0 saturated carbocycles. The van der Waals surface area contributed by atoms with E-state index in [0.29, 0.717) is 24.1 Å². The van der Waals surface area contributed by atoms with E-state index in [1.54, 1.807) is 4.68 Å². The van der Waals surface area contributed by atoms with Crippen molar-refractivity contribution in [3.05, 3.63) is 90.5 Å². The monoisotopic (exact) mass is 545 g/mol. The highest BCUT2D eigenvalue weighted by Crippen LogP contribution is 2.36. The van der Waals surface area contributed by atoms with E-state index in [-0.39, 0.29) is 6.61 Å². The summed E-state index contributed by atoms with van der Waals surface area (Å²) >= 11 is 0. The molecule has 1 fully saturated rings. The maximum atomic E-state index is 9.54. The van der Waals surface area contributed by atoms with Crippen LogP contribution in [0, 0.1) is 0 Å². The Labute approximate surface area is 240 Å². The standard InChI is InChI=1S/C33H35N7O/c34-32-28-20-27(24-6-2-1-3-7-24)31(36-33(28)40(37-32)18-19-41)25-12-10-23(11-13-25)21-38-16-14-26(15-17-38)39-22-35-29-8-4-5-9-30(29)39/h1-13,20,26,35,41H,14-19,21-22H2,(H2,34,37). The summed E-state index contributed by atoms with van der Waals surface area (Å²) in [6, 6.07) is 30.4. The predicted molar refractivity (Wildman–Crippen MR) is 166 cm³/mol. The zero-order chi connectivity index (χ0) is 27.8. The van der Waals surface area contributed by atoms with Gasteiger partial charge in [-0.2, -0.15) is 5.10 Å². The molecule has 208 valence electrons. The van der Waals surface area contributed by atoms with Gasteiger partial charge in [0.1, 0.15) is 0 Å². The van der Waals surface area contributed by atoms with E-state index in [0.717, 1.165) is 54.1 Å². The molecule has 2 aliphatic heterocycles. The molecule has 0 atom stereocenters. The Hall–Kier alpha value is -4.40. The Balaban J connectivity index is 1.10. The molecule has 8 nitrogen and oxygen atoms in total. The zero-order valence-electron chi connectivity index (χ0n) is 23.1. The second kappa shape index (κ2) is 10.9. The fourth-order valence-corrected chi connectivity index (χ4v) is 6.30. The van der Waals surface area contributed by atoms with E-state index in [1.165, 1.54) is 29.8 Å². The molecular weight excluding hydrogens is 510 g/mol. The normalized spacial score (nSPS) is 15.8. The number of aromatic nitrogens is 3. The number of rotatable bonds is 7. The first-order chi connectivity index (χ1) is 20.2. The summed E-state index contributed by atoms with van der Waals surface area (Å²) in [5.74, 6) is 0.425. The molecule has 1 saturated heterocycles. The van der Waals surface area contributed by atoms with Crippen LogP contribution in [0.4, 0.5) is 17.2 Å². The van der Waals surface area contributed by atoms with Crippen LogP contribution in [0.3, 0.4) is 0 Å². The van der Waals surface area contributed by atoms with E-state index in [4.69, 9.17) is 10.7 Å². The summed E-state index contributed by atoms with van der Waals surface area (Å²) in [5, 5.41) is 18.3. The lowest BCUT2D eigenvalue weighted by molar-refractivity contribution is 0.202. The van der Waals surface area contributed by atoms with Crippen LogP contribution < -0.4 is 16.0 Å². The van der Waals surface area contributed by atoms with E-state index >= 15 is 0 Å². The predicted octanol–water partition coefficient (Wildman–Crippen LogP) is 5.19. The Kier molecular flexibility index (Phi) is 6.78. The number of para-hydroxylation sites is 2. The summed E-state index contributed by atoms with van der Waals surface area (Å²) < 4.78 is 1.69. The van der Waals surface area contributed by atoms with Crippen molar-refractivity contribution in [2.75, 3.05) is 42.3 Å². The summed E-state index contributed by atoms with van der Waals surface area (Å²) in [6.07, 6.45) is 2.34. The number of benzene rings is 3. The molecule has 7 rings (SSSR count). The van der Waals surface area contributed by atoms with Crippen LogP contribution in [0.1, 0.15) is 18.4 Å². The highest BCUT2D eigenvalue weighted by molar-refractivity contribution is 5.95. The molecule has 4 heterocycles. The van der Waals surface area contributed by atoms with Crippen LogP contribution in [0.5, 0.6) is 0 Å². The van der Waals surface area contributed by atoms with Gasteiger partial charge in [0.2, 0.25) is 0 Å². The number of anilines is 3. The first-order valence-electron chi connectivity index (χ1n) is 14.4. The minimum atomic E-state index is -0.0260. The van der Waals surface area contributed by atoms with Gasteiger partial charge in [-0.05, 0) is 42.2 Å². The average Bonchev–Trinajstić information content (AvgIpc) is 3.59. The smallest absolute Gasteiger partial charge is 0.160 e. The quantitative estimate of drug-likeness (QED) is 0.259. The van der Waals surface area contributed by atoms with Crippen molar-refractivity contribution in [3.8, 4) is 22.4 Å². The summed E-state index contributed by atoms with van der Waals surface area (Å²) in [4.78, 5) is 10.2. The number of aliphatic hydroxyl groups is 1. The van der Waals surface area contributed by atoms with Gasteiger partial charge in [-0.3, -0.25) is 4.90 Å². The van der Waals surface area contributed by atoms with Gasteiger partial charge < -0.3 is 21.1 Å². The largest absolute Gasteiger partial charge is 0.394 e. The van der Waals surface area contributed by atoms with Crippen LogP contribution in [0.25, 0.3) is 33.4 Å². The van der Waals surface area contributed by atoms with Crippen LogP contribution in [-0.4, -0.2) is 57.2 Å². The minimum absolute atomic E-state index is 0.0260. The van der Waals surface area contributed by atoms with Gasteiger partial charge in [0.15, 0.2) is 11.5 Å². The molecule has 2 aromatic heterocycles. The fourth-order valence-electron chi connectivity index (χ4n) is 6.30. The fraction of sp³-hybridized carbons (Fsp3) is 0.273. The van der Waals surface area contributed by atoms with Gasteiger partial charge in [0.25, 0.3) is 0 Å². The number of hydrogen-bond donors (Lipinski definition) is 3. The van der Waals surface area contributed by atoms with E-state index in [9.17, 15) is 5.11 Å². The topological polar surface area (TPSA) is 95.5 Å². The number of hydrogen-bond acceptors (Lipinski definition) is 7. The van der Waals surface area contributed by atoms with E-state index in [1.807, 2.05) is 18.2 Å². The number of nitrogens with one attached hydrogen (secondary N) is 1. The van der Waals surface area contributed by atoms with Crippen molar-refractivity contribution in [2.24, 2.45) is 0 Å². The van der Waals surface area contributed by atoms with Crippen molar-refractivity contribution in [2.45, 2.75) is 32.0 Å². The lowest BCUT2D eigenvalue weighted by Gasteiger charge is -2.37. The van der Waals surface area contributed by atoms with Gasteiger partial charge in [0.05, 0.1) is 42.3 Å². The lowest BCUT2D eigenvalue weighted by Crippen LogP contribution is -2.44. The first-order valence-corrected chi connectivity index (χ1v) is 14.4. The molecule has 0 aliphatic carbocycles. The molecule has 5 aromatic rings. The van der Waals surface area contributed by atoms with Gasteiger partial charge in [0, 0.05) is 36.8 Å². The van der Waals surface area contributed by atoms with E-state index < -0.39 is 0 Å². The lowest BCUT2D eigenvalue weighted by atomic mass is 9.97. The maximum Gasteiger partial charge on any atom is 0.160 e. The van der Waals surface area contributed by atoms with Crippen molar-refractivity contribution in [1.29, 1.82) is 0 Å². The van der Waals surface area contributed by atoms with Gasteiger partial charge in [-0.15, -0.1) is 0 Å². The molecule has 0 radical (unpaired) electrons. The van der Waals surface area contributed by atoms with Gasteiger partial charge in [-0.25, -0.2) is 9.67 Å². The SMILES string of the molecule is Nc1nn(CCO)c2nc(-c3ccc(CN4CCC(N5CNc6ccccc65)CC4)cc3)c(-c3ccccc3)cc12. The highest BCUT2D eigenvalue weighted by Gasteiger charge is 2.29. The molecule has 41 heavy (non-hydrogen) atoms. The van der Waals surface area contributed by atoms with Gasteiger partial charge in [-0.1, -0.05) is 66.7 Å². The van der Waals surface area contributed by atoms with Crippen molar-refractivity contribution < 1.29 is 5.11 Å². The highest BCUT2D eigenvalue weighted by atomic mass is 16.3. The molecule has 4 N–H and O–H groups in total. The Morgan fingerprint density at radius 3 is 2.44 bits per heavy atom. The van der Waals surface area contributed by atoms with Crippen LogP contribution in [-0.2, 0) is 13.1 Å². The average molecular weight is 546 g/mol. The molecule has 0 bridgehead atoms. The molecule has 8 heteroatoms. The van der Waals surface area contributed by atoms with Crippen LogP contribution in [0.15, 0.2) is 84.9 Å². The molecule has 2 aliphatic rings. The second-order valence-corrected chi connectivity index (χ2v) is 11.0. The zero-order valence-corrected chi connectivity index (χ0v) is 23.1. The number of pyridine rings is 1.